The zero-order valence-electron chi connectivity index (χ0n) is 17.7. The van der Waals surface area contributed by atoms with Crippen molar-refractivity contribution >= 4 is 5.91 Å². The number of benzene rings is 2. The summed E-state index contributed by atoms with van der Waals surface area (Å²) >= 11 is 0. The molecule has 1 N–H and O–H groups in total. The minimum Gasteiger partial charge on any atom is -0.497 e. The molecule has 2 aromatic rings. The van der Waals surface area contributed by atoms with Gasteiger partial charge < -0.3 is 14.8 Å². The standard InChI is InChI=1S/C24H32N2O3/c1-18-4-7-23(16-19(18)2)29-22-11-14-26(15-12-22)17-24(27)25-13-10-20-5-8-21(28-3)9-6-20/h4-9,16,22H,10-15,17H2,1-3H3,(H,25,27). The molecule has 0 saturated carbocycles. The summed E-state index contributed by atoms with van der Waals surface area (Å²) in [6.07, 6.45) is 2.95. The van der Waals surface area contributed by atoms with Gasteiger partial charge in [-0.2, -0.15) is 0 Å². The molecule has 0 atom stereocenters. The summed E-state index contributed by atoms with van der Waals surface area (Å²) in [6.45, 7) is 7.11. The highest BCUT2D eigenvalue weighted by Crippen LogP contribution is 2.21. The number of rotatable bonds is 8. The number of hydrogen-bond acceptors (Lipinski definition) is 4. The van der Waals surface area contributed by atoms with Gasteiger partial charge in [0.1, 0.15) is 17.6 Å². The Morgan fingerprint density at radius 1 is 1.03 bits per heavy atom. The average molecular weight is 397 g/mol. The molecule has 5 heteroatoms. The molecular weight excluding hydrogens is 364 g/mol. The van der Waals surface area contributed by atoms with Crippen LogP contribution in [0.2, 0.25) is 0 Å². The van der Waals surface area contributed by atoms with Crippen LogP contribution in [-0.2, 0) is 11.2 Å². The predicted molar refractivity (Wildman–Crippen MR) is 116 cm³/mol. The van der Waals surface area contributed by atoms with E-state index in [-0.39, 0.29) is 12.0 Å². The van der Waals surface area contributed by atoms with Crippen LogP contribution in [0.1, 0.15) is 29.5 Å². The van der Waals surface area contributed by atoms with Crippen LogP contribution in [0.4, 0.5) is 0 Å². The van der Waals surface area contributed by atoms with Gasteiger partial charge in [0.2, 0.25) is 5.91 Å². The largest absolute Gasteiger partial charge is 0.497 e. The van der Waals surface area contributed by atoms with E-state index in [2.05, 4.69) is 36.2 Å². The van der Waals surface area contributed by atoms with E-state index in [1.165, 1.54) is 16.7 Å². The van der Waals surface area contributed by atoms with E-state index in [1.807, 2.05) is 30.3 Å². The van der Waals surface area contributed by atoms with Gasteiger partial charge in [0.05, 0.1) is 13.7 Å². The topological polar surface area (TPSA) is 50.8 Å². The van der Waals surface area contributed by atoms with E-state index in [0.29, 0.717) is 13.1 Å². The number of carbonyl (C=O) groups is 1. The highest BCUT2D eigenvalue weighted by atomic mass is 16.5. The molecule has 1 heterocycles. The summed E-state index contributed by atoms with van der Waals surface area (Å²) in [5.41, 5.74) is 3.73. The molecule has 0 radical (unpaired) electrons. The predicted octanol–water partition coefficient (Wildman–Crippen LogP) is 3.51. The molecule has 1 saturated heterocycles. The van der Waals surface area contributed by atoms with Crippen molar-refractivity contribution in [1.82, 2.24) is 10.2 Å². The summed E-state index contributed by atoms with van der Waals surface area (Å²) in [5.74, 6) is 1.89. The Kier molecular flexibility index (Phi) is 7.53. The first kappa shape index (κ1) is 21.2. The third-order valence-electron chi connectivity index (χ3n) is 5.58. The molecule has 1 fully saturated rings. The van der Waals surface area contributed by atoms with Crippen LogP contribution in [0.3, 0.4) is 0 Å². The van der Waals surface area contributed by atoms with Gasteiger partial charge in [0, 0.05) is 19.6 Å². The van der Waals surface area contributed by atoms with Gasteiger partial charge in [-0.3, -0.25) is 9.69 Å². The number of amides is 1. The smallest absolute Gasteiger partial charge is 0.234 e. The molecule has 0 unspecified atom stereocenters. The second-order valence-corrected chi connectivity index (χ2v) is 7.79. The Morgan fingerprint density at radius 3 is 2.38 bits per heavy atom. The Morgan fingerprint density at radius 2 is 1.72 bits per heavy atom. The first-order valence-electron chi connectivity index (χ1n) is 10.4. The SMILES string of the molecule is COc1ccc(CCNC(=O)CN2CCC(Oc3ccc(C)c(C)c3)CC2)cc1. The van der Waals surface area contributed by atoms with Crippen molar-refractivity contribution in [3.63, 3.8) is 0 Å². The monoisotopic (exact) mass is 396 g/mol. The lowest BCUT2D eigenvalue weighted by Crippen LogP contribution is -2.44. The van der Waals surface area contributed by atoms with Crippen LogP contribution in [0.15, 0.2) is 42.5 Å². The molecule has 29 heavy (non-hydrogen) atoms. The van der Waals surface area contributed by atoms with E-state index < -0.39 is 0 Å². The van der Waals surface area contributed by atoms with Crippen LogP contribution < -0.4 is 14.8 Å². The average Bonchev–Trinajstić information content (AvgIpc) is 2.73. The number of nitrogens with zero attached hydrogens (tertiary/aromatic N) is 1. The Hall–Kier alpha value is -2.53. The number of aryl methyl sites for hydroxylation is 2. The molecule has 0 bridgehead atoms. The zero-order chi connectivity index (χ0) is 20.6. The fourth-order valence-electron chi connectivity index (χ4n) is 3.56. The van der Waals surface area contributed by atoms with Gasteiger partial charge in [0.15, 0.2) is 0 Å². The number of methoxy groups -OCH3 is 1. The van der Waals surface area contributed by atoms with E-state index in [1.54, 1.807) is 7.11 Å². The first-order chi connectivity index (χ1) is 14.0. The number of nitrogens with one attached hydrogen (secondary N) is 1. The maximum atomic E-state index is 12.2. The Bertz CT molecular complexity index is 796. The second kappa shape index (κ2) is 10.3. The van der Waals surface area contributed by atoms with Gasteiger partial charge in [-0.05, 0) is 74.1 Å². The quantitative estimate of drug-likeness (QED) is 0.742. The Balaban J connectivity index is 1.34. The van der Waals surface area contributed by atoms with Crippen LogP contribution in [0.5, 0.6) is 11.5 Å². The zero-order valence-corrected chi connectivity index (χ0v) is 17.7. The van der Waals surface area contributed by atoms with Gasteiger partial charge in [-0.1, -0.05) is 18.2 Å². The summed E-state index contributed by atoms with van der Waals surface area (Å²) in [5, 5.41) is 3.03. The molecule has 5 nitrogen and oxygen atoms in total. The summed E-state index contributed by atoms with van der Waals surface area (Å²) in [4.78, 5) is 14.5. The third kappa shape index (κ3) is 6.50. The lowest BCUT2D eigenvalue weighted by molar-refractivity contribution is -0.122. The fraction of sp³-hybridized carbons (Fsp3) is 0.458. The molecule has 0 spiro atoms. The van der Waals surface area contributed by atoms with E-state index in [9.17, 15) is 4.79 Å². The Labute approximate surface area is 174 Å². The first-order valence-corrected chi connectivity index (χ1v) is 10.4. The second-order valence-electron chi connectivity index (χ2n) is 7.79. The highest BCUT2D eigenvalue weighted by Gasteiger charge is 2.22. The lowest BCUT2D eigenvalue weighted by Gasteiger charge is -2.31. The molecule has 156 valence electrons. The number of likely N-dealkylation sites (tertiary alicyclic amines) is 1. The van der Waals surface area contributed by atoms with Crippen LogP contribution in [0, 0.1) is 13.8 Å². The minimum absolute atomic E-state index is 0.0899. The molecule has 3 rings (SSSR count). The van der Waals surface area contributed by atoms with Crippen LogP contribution in [-0.4, -0.2) is 50.2 Å². The van der Waals surface area contributed by atoms with Gasteiger partial charge in [0.25, 0.3) is 0 Å². The van der Waals surface area contributed by atoms with E-state index in [4.69, 9.17) is 9.47 Å². The van der Waals surface area contributed by atoms with Crippen LogP contribution in [0.25, 0.3) is 0 Å². The molecule has 2 aromatic carbocycles. The molecule has 1 amide bonds. The van der Waals surface area contributed by atoms with Crippen molar-refractivity contribution in [2.45, 2.75) is 39.2 Å². The van der Waals surface area contributed by atoms with Crippen molar-refractivity contribution in [3.05, 3.63) is 59.2 Å². The van der Waals surface area contributed by atoms with Crippen molar-refractivity contribution in [3.8, 4) is 11.5 Å². The number of hydrogen-bond donors (Lipinski definition) is 1. The highest BCUT2D eigenvalue weighted by molar-refractivity contribution is 5.78. The summed E-state index contributed by atoms with van der Waals surface area (Å²) in [6, 6.07) is 14.2. The van der Waals surface area contributed by atoms with Crippen molar-refractivity contribution in [2.75, 3.05) is 33.3 Å². The van der Waals surface area contributed by atoms with Gasteiger partial charge >= 0.3 is 0 Å². The van der Waals surface area contributed by atoms with E-state index in [0.717, 1.165) is 43.9 Å². The third-order valence-corrected chi connectivity index (χ3v) is 5.58. The summed E-state index contributed by atoms with van der Waals surface area (Å²) < 4.78 is 11.3. The number of ether oxygens (including phenoxy) is 2. The van der Waals surface area contributed by atoms with Crippen molar-refractivity contribution < 1.29 is 14.3 Å². The molecule has 1 aliphatic heterocycles. The fourth-order valence-corrected chi connectivity index (χ4v) is 3.56. The molecular formula is C24H32N2O3. The molecule has 1 aliphatic rings. The van der Waals surface area contributed by atoms with Crippen molar-refractivity contribution in [1.29, 1.82) is 0 Å². The number of piperidine rings is 1. The van der Waals surface area contributed by atoms with Crippen LogP contribution >= 0.6 is 0 Å². The normalized spacial score (nSPS) is 15.1. The van der Waals surface area contributed by atoms with Crippen molar-refractivity contribution in [2.24, 2.45) is 0 Å². The van der Waals surface area contributed by atoms with Gasteiger partial charge in [-0.25, -0.2) is 0 Å². The maximum absolute atomic E-state index is 12.2. The molecule has 0 aliphatic carbocycles. The lowest BCUT2D eigenvalue weighted by atomic mass is 10.1. The maximum Gasteiger partial charge on any atom is 0.234 e. The number of carbonyl (C=O) groups excluding carboxylic acids is 1. The van der Waals surface area contributed by atoms with Gasteiger partial charge in [-0.15, -0.1) is 0 Å². The summed E-state index contributed by atoms with van der Waals surface area (Å²) in [7, 11) is 1.66. The molecule has 0 aromatic heterocycles. The van der Waals surface area contributed by atoms with E-state index >= 15 is 0 Å². The minimum atomic E-state index is 0.0899.